The fourth-order valence-electron chi connectivity index (χ4n) is 2.09. The summed E-state index contributed by atoms with van der Waals surface area (Å²) in [6, 6.07) is 0.520. The summed E-state index contributed by atoms with van der Waals surface area (Å²) >= 11 is 1.87. The molecule has 1 aromatic rings. The van der Waals surface area contributed by atoms with Gasteiger partial charge >= 0.3 is 0 Å². The third-order valence-electron chi connectivity index (χ3n) is 3.14. The van der Waals surface area contributed by atoms with Gasteiger partial charge in [0.2, 0.25) is 5.89 Å². The van der Waals surface area contributed by atoms with Crippen molar-refractivity contribution in [1.29, 1.82) is 0 Å². The van der Waals surface area contributed by atoms with Crippen LogP contribution in [-0.2, 0) is 12.2 Å². The highest BCUT2D eigenvalue weighted by molar-refractivity contribution is 7.98. The van der Waals surface area contributed by atoms with E-state index >= 15 is 0 Å². The van der Waals surface area contributed by atoms with Gasteiger partial charge in [-0.1, -0.05) is 19.0 Å². The number of aromatic nitrogens is 2. The van der Waals surface area contributed by atoms with Crippen LogP contribution >= 0.6 is 11.8 Å². The average molecular weight is 269 g/mol. The van der Waals surface area contributed by atoms with E-state index in [2.05, 4.69) is 29.3 Å². The molecule has 0 radical (unpaired) electrons. The first-order valence-corrected chi connectivity index (χ1v) is 8.11. The lowest BCUT2D eigenvalue weighted by molar-refractivity contribution is 0.345. The number of hydrogen-bond acceptors (Lipinski definition) is 5. The van der Waals surface area contributed by atoms with Crippen molar-refractivity contribution in [3.05, 3.63) is 11.7 Å². The normalized spacial score (nSPS) is 17.0. The van der Waals surface area contributed by atoms with Crippen molar-refractivity contribution in [2.24, 2.45) is 5.92 Å². The van der Waals surface area contributed by atoms with Gasteiger partial charge in [0, 0.05) is 12.5 Å². The van der Waals surface area contributed by atoms with Crippen LogP contribution in [0.25, 0.3) is 0 Å². The Morgan fingerprint density at radius 2 is 2.28 bits per heavy atom. The van der Waals surface area contributed by atoms with E-state index < -0.39 is 0 Å². The Morgan fingerprint density at radius 1 is 1.44 bits per heavy atom. The summed E-state index contributed by atoms with van der Waals surface area (Å²) in [7, 11) is 0. The van der Waals surface area contributed by atoms with Crippen LogP contribution in [0.15, 0.2) is 4.52 Å². The fourth-order valence-corrected chi connectivity index (χ4v) is 2.83. The number of likely N-dealkylation sites (N-methyl/N-ethyl adjacent to an activating group) is 1. The van der Waals surface area contributed by atoms with Gasteiger partial charge in [0.15, 0.2) is 5.82 Å². The first kappa shape index (κ1) is 13.9. The maximum absolute atomic E-state index is 5.34. The lowest BCUT2D eigenvalue weighted by Gasteiger charge is -2.14. The standard InChI is InChI=1S/C13H23N3OS/c1-3-7-18-9-12-15-13(17-16-12)8-11(14-4-2)10-5-6-10/h10-11,14H,3-9H2,1-2H3. The molecule has 0 aliphatic heterocycles. The molecule has 1 unspecified atom stereocenters. The minimum Gasteiger partial charge on any atom is -0.339 e. The highest BCUT2D eigenvalue weighted by Crippen LogP contribution is 2.33. The molecule has 4 nitrogen and oxygen atoms in total. The van der Waals surface area contributed by atoms with Crippen molar-refractivity contribution in [3.8, 4) is 0 Å². The molecule has 1 saturated carbocycles. The van der Waals surface area contributed by atoms with Gasteiger partial charge in [0.1, 0.15) is 0 Å². The van der Waals surface area contributed by atoms with Crippen LogP contribution in [0.5, 0.6) is 0 Å². The molecular formula is C13H23N3OS. The summed E-state index contributed by atoms with van der Waals surface area (Å²) in [6.45, 7) is 5.34. The second kappa shape index (κ2) is 7.14. The lowest BCUT2D eigenvalue weighted by Crippen LogP contribution is -2.33. The number of nitrogens with zero attached hydrogens (tertiary/aromatic N) is 2. The monoisotopic (exact) mass is 269 g/mol. The highest BCUT2D eigenvalue weighted by atomic mass is 32.2. The van der Waals surface area contributed by atoms with Crippen molar-refractivity contribution in [2.75, 3.05) is 12.3 Å². The van der Waals surface area contributed by atoms with Crippen LogP contribution in [0.3, 0.4) is 0 Å². The molecule has 1 N–H and O–H groups in total. The molecule has 0 bridgehead atoms. The van der Waals surface area contributed by atoms with E-state index in [0.29, 0.717) is 6.04 Å². The molecule has 0 spiro atoms. The summed E-state index contributed by atoms with van der Waals surface area (Å²) in [5.41, 5.74) is 0. The van der Waals surface area contributed by atoms with Gasteiger partial charge in [-0.2, -0.15) is 16.7 Å². The molecule has 18 heavy (non-hydrogen) atoms. The molecule has 1 heterocycles. The van der Waals surface area contributed by atoms with Gasteiger partial charge in [-0.25, -0.2) is 0 Å². The Bertz CT molecular complexity index is 352. The van der Waals surface area contributed by atoms with Crippen LogP contribution in [-0.4, -0.2) is 28.5 Å². The number of thioether (sulfide) groups is 1. The van der Waals surface area contributed by atoms with Crippen LogP contribution in [0, 0.1) is 5.92 Å². The topological polar surface area (TPSA) is 51.0 Å². The first-order chi connectivity index (χ1) is 8.83. The van der Waals surface area contributed by atoms with Crippen LogP contribution < -0.4 is 5.32 Å². The predicted molar refractivity (Wildman–Crippen MR) is 74.6 cm³/mol. The van der Waals surface area contributed by atoms with E-state index in [9.17, 15) is 0 Å². The van der Waals surface area contributed by atoms with Crippen molar-refractivity contribution < 1.29 is 4.52 Å². The Balaban J connectivity index is 1.80. The minimum atomic E-state index is 0.520. The van der Waals surface area contributed by atoms with E-state index in [4.69, 9.17) is 4.52 Å². The smallest absolute Gasteiger partial charge is 0.228 e. The molecule has 1 aliphatic carbocycles. The number of rotatable bonds is 9. The second-order valence-electron chi connectivity index (χ2n) is 4.86. The van der Waals surface area contributed by atoms with Crippen molar-refractivity contribution in [1.82, 2.24) is 15.5 Å². The molecule has 0 amide bonds. The predicted octanol–water partition coefficient (Wildman–Crippen LogP) is 2.64. The molecule has 1 aromatic heterocycles. The Morgan fingerprint density at radius 3 is 2.94 bits per heavy atom. The molecule has 0 saturated heterocycles. The van der Waals surface area contributed by atoms with E-state index in [1.807, 2.05) is 11.8 Å². The first-order valence-electron chi connectivity index (χ1n) is 6.96. The molecule has 1 fully saturated rings. The average Bonchev–Trinajstić information content (AvgIpc) is 3.12. The van der Waals surface area contributed by atoms with E-state index in [1.54, 1.807) is 0 Å². The zero-order chi connectivity index (χ0) is 12.8. The van der Waals surface area contributed by atoms with Crippen molar-refractivity contribution in [3.63, 3.8) is 0 Å². The van der Waals surface area contributed by atoms with Gasteiger partial charge in [-0.05, 0) is 37.5 Å². The van der Waals surface area contributed by atoms with Gasteiger partial charge in [-0.3, -0.25) is 0 Å². The second-order valence-corrected chi connectivity index (χ2v) is 5.97. The fraction of sp³-hybridized carbons (Fsp3) is 0.846. The third kappa shape index (κ3) is 4.28. The van der Waals surface area contributed by atoms with Gasteiger partial charge in [0.25, 0.3) is 0 Å². The summed E-state index contributed by atoms with van der Waals surface area (Å²) in [6.07, 6.45) is 4.75. The van der Waals surface area contributed by atoms with E-state index in [1.165, 1.54) is 19.3 Å². The zero-order valence-electron chi connectivity index (χ0n) is 11.3. The van der Waals surface area contributed by atoms with Gasteiger partial charge < -0.3 is 9.84 Å². The minimum absolute atomic E-state index is 0.520. The van der Waals surface area contributed by atoms with Crippen molar-refractivity contribution in [2.45, 2.75) is 51.3 Å². The van der Waals surface area contributed by atoms with E-state index in [-0.39, 0.29) is 0 Å². The maximum atomic E-state index is 5.34. The van der Waals surface area contributed by atoms with E-state index in [0.717, 1.165) is 42.1 Å². The Kier molecular flexibility index (Phi) is 5.50. The van der Waals surface area contributed by atoms with Crippen molar-refractivity contribution >= 4 is 11.8 Å². The SMILES string of the molecule is CCCSCc1noc(CC(NCC)C2CC2)n1. The number of nitrogens with one attached hydrogen (secondary N) is 1. The lowest BCUT2D eigenvalue weighted by atomic mass is 10.1. The quantitative estimate of drug-likeness (QED) is 0.698. The van der Waals surface area contributed by atoms with Crippen LogP contribution in [0.1, 0.15) is 44.8 Å². The Hall–Kier alpha value is -0.550. The highest BCUT2D eigenvalue weighted by Gasteiger charge is 2.31. The summed E-state index contributed by atoms with van der Waals surface area (Å²) in [4.78, 5) is 4.48. The Labute approximate surface area is 113 Å². The molecule has 1 atom stereocenters. The summed E-state index contributed by atoms with van der Waals surface area (Å²) in [5, 5.41) is 7.57. The molecular weight excluding hydrogens is 246 g/mol. The molecule has 1 aliphatic rings. The number of hydrogen-bond donors (Lipinski definition) is 1. The van der Waals surface area contributed by atoms with Gasteiger partial charge in [-0.15, -0.1) is 0 Å². The largest absolute Gasteiger partial charge is 0.339 e. The van der Waals surface area contributed by atoms with Gasteiger partial charge in [0.05, 0.1) is 5.75 Å². The molecule has 0 aromatic carbocycles. The summed E-state index contributed by atoms with van der Waals surface area (Å²) < 4.78 is 5.34. The zero-order valence-corrected chi connectivity index (χ0v) is 12.1. The maximum Gasteiger partial charge on any atom is 0.228 e. The molecule has 5 heteroatoms. The third-order valence-corrected chi connectivity index (χ3v) is 4.30. The molecule has 2 rings (SSSR count). The summed E-state index contributed by atoms with van der Waals surface area (Å²) in [5.74, 6) is 4.47. The molecule has 102 valence electrons. The van der Waals surface area contributed by atoms with Crippen LogP contribution in [0.4, 0.5) is 0 Å². The van der Waals surface area contributed by atoms with Crippen LogP contribution in [0.2, 0.25) is 0 Å².